The lowest BCUT2D eigenvalue weighted by Gasteiger charge is -2.11. The number of anilines is 1. The molecule has 0 heterocycles. The number of carbonyl (C=O) groups excluding carboxylic acids is 2. The van der Waals surface area contributed by atoms with Crippen LogP contribution in [0, 0.1) is 13.8 Å². The maximum Gasteiger partial charge on any atom is 0.243 e. The van der Waals surface area contributed by atoms with Gasteiger partial charge < -0.3 is 16.0 Å². The molecule has 20 heavy (non-hydrogen) atoms. The summed E-state index contributed by atoms with van der Waals surface area (Å²) >= 11 is 0. The second-order valence-corrected chi connectivity index (χ2v) is 4.80. The molecule has 1 aromatic rings. The van der Waals surface area contributed by atoms with Crippen LogP contribution < -0.4 is 16.0 Å². The number of carbonyl (C=O) groups is 2. The normalized spacial score (nSPS) is 10.2. The van der Waals surface area contributed by atoms with Gasteiger partial charge >= 0.3 is 0 Å². The molecule has 0 unspecified atom stereocenters. The number of hydrogen-bond acceptors (Lipinski definition) is 3. The van der Waals surface area contributed by atoms with Crippen molar-refractivity contribution < 1.29 is 9.59 Å². The first-order chi connectivity index (χ1) is 9.54. The van der Waals surface area contributed by atoms with Gasteiger partial charge in [-0.25, -0.2) is 0 Å². The van der Waals surface area contributed by atoms with Gasteiger partial charge in [0.1, 0.15) is 0 Å². The van der Waals surface area contributed by atoms with Crippen LogP contribution in [-0.2, 0) is 9.59 Å². The lowest BCUT2D eigenvalue weighted by atomic mass is 10.1. The predicted molar refractivity (Wildman–Crippen MR) is 80.7 cm³/mol. The van der Waals surface area contributed by atoms with E-state index in [2.05, 4.69) is 16.0 Å². The molecule has 0 saturated carbocycles. The molecule has 1 aromatic carbocycles. The minimum absolute atomic E-state index is 0.00611. The predicted octanol–water partition coefficient (Wildman–Crippen LogP) is 1.36. The van der Waals surface area contributed by atoms with Crippen LogP contribution in [0.3, 0.4) is 0 Å². The second-order valence-electron chi connectivity index (χ2n) is 4.80. The summed E-state index contributed by atoms with van der Waals surface area (Å²) in [5.41, 5.74) is 2.85. The quantitative estimate of drug-likeness (QED) is 0.659. The zero-order chi connectivity index (χ0) is 15.0. The Hall–Kier alpha value is -1.88. The van der Waals surface area contributed by atoms with Gasteiger partial charge in [0.25, 0.3) is 0 Å². The van der Waals surface area contributed by atoms with E-state index in [9.17, 15) is 9.59 Å². The molecule has 0 aromatic heterocycles. The zero-order valence-electron chi connectivity index (χ0n) is 12.4. The molecule has 0 aliphatic rings. The van der Waals surface area contributed by atoms with Gasteiger partial charge in [0.2, 0.25) is 11.8 Å². The SMILES string of the molecule is CNCCCC(=O)NCC(=O)Nc1c(C)cccc1C. The van der Waals surface area contributed by atoms with Crippen molar-refractivity contribution in [3.63, 3.8) is 0 Å². The Balaban J connectivity index is 2.39. The Labute approximate surface area is 120 Å². The van der Waals surface area contributed by atoms with Crippen LogP contribution in [0.5, 0.6) is 0 Å². The molecule has 110 valence electrons. The van der Waals surface area contributed by atoms with Crippen molar-refractivity contribution in [3.8, 4) is 0 Å². The average molecular weight is 277 g/mol. The number of rotatable bonds is 7. The van der Waals surface area contributed by atoms with Gasteiger partial charge in [-0.3, -0.25) is 9.59 Å². The van der Waals surface area contributed by atoms with Crippen LogP contribution in [0.25, 0.3) is 0 Å². The van der Waals surface area contributed by atoms with Gasteiger partial charge in [-0.05, 0) is 45.0 Å². The lowest BCUT2D eigenvalue weighted by Crippen LogP contribution is -2.33. The highest BCUT2D eigenvalue weighted by Crippen LogP contribution is 2.18. The van der Waals surface area contributed by atoms with Crippen LogP contribution in [0.15, 0.2) is 18.2 Å². The molecule has 1 rings (SSSR count). The van der Waals surface area contributed by atoms with Crippen molar-refractivity contribution >= 4 is 17.5 Å². The standard InChI is InChI=1S/C15H23N3O2/c1-11-6-4-7-12(2)15(11)18-14(20)10-17-13(19)8-5-9-16-3/h4,6-7,16H,5,8-10H2,1-3H3,(H,17,19)(H,18,20). The van der Waals surface area contributed by atoms with Crippen molar-refractivity contribution in [3.05, 3.63) is 29.3 Å². The van der Waals surface area contributed by atoms with Crippen molar-refractivity contribution in [1.82, 2.24) is 10.6 Å². The summed E-state index contributed by atoms with van der Waals surface area (Å²) in [6.07, 6.45) is 1.19. The largest absolute Gasteiger partial charge is 0.347 e. The number of para-hydroxylation sites is 1. The third-order valence-corrected chi connectivity index (χ3v) is 3.02. The van der Waals surface area contributed by atoms with Crippen LogP contribution in [0.2, 0.25) is 0 Å². The second kappa shape index (κ2) is 8.32. The van der Waals surface area contributed by atoms with Gasteiger partial charge in [0, 0.05) is 12.1 Å². The summed E-state index contributed by atoms with van der Waals surface area (Å²) in [6, 6.07) is 5.84. The van der Waals surface area contributed by atoms with E-state index in [1.807, 2.05) is 39.1 Å². The zero-order valence-corrected chi connectivity index (χ0v) is 12.4. The summed E-state index contributed by atoms with van der Waals surface area (Å²) in [7, 11) is 1.84. The van der Waals surface area contributed by atoms with E-state index in [-0.39, 0.29) is 18.4 Å². The molecule has 0 aliphatic heterocycles. The first-order valence-corrected chi connectivity index (χ1v) is 6.82. The van der Waals surface area contributed by atoms with Crippen LogP contribution in [-0.4, -0.2) is 32.0 Å². The van der Waals surface area contributed by atoms with Crippen molar-refractivity contribution in [2.75, 3.05) is 25.5 Å². The molecular formula is C15H23N3O2. The lowest BCUT2D eigenvalue weighted by molar-refractivity contribution is -0.124. The number of nitrogens with one attached hydrogen (secondary N) is 3. The summed E-state index contributed by atoms with van der Waals surface area (Å²) in [5, 5.41) is 8.43. The summed E-state index contributed by atoms with van der Waals surface area (Å²) in [4.78, 5) is 23.3. The fourth-order valence-electron chi connectivity index (χ4n) is 1.89. The molecule has 5 heteroatoms. The fourth-order valence-corrected chi connectivity index (χ4v) is 1.89. The fraction of sp³-hybridized carbons (Fsp3) is 0.467. The van der Waals surface area contributed by atoms with E-state index in [1.54, 1.807) is 0 Å². The molecule has 0 saturated heterocycles. The minimum Gasteiger partial charge on any atom is -0.347 e. The van der Waals surface area contributed by atoms with Crippen molar-refractivity contribution in [2.24, 2.45) is 0 Å². The molecule has 0 aliphatic carbocycles. The van der Waals surface area contributed by atoms with Gasteiger partial charge in [0.05, 0.1) is 6.54 Å². The molecule has 0 fully saturated rings. The van der Waals surface area contributed by atoms with Crippen molar-refractivity contribution in [2.45, 2.75) is 26.7 Å². The van der Waals surface area contributed by atoms with E-state index in [0.717, 1.165) is 29.8 Å². The topological polar surface area (TPSA) is 70.2 Å². The Bertz CT molecular complexity index is 452. The van der Waals surface area contributed by atoms with Gasteiger partial charge in [-0.2, -0.15) is 0 Å². The van der Waals surface area contributed by atoms with Gasteiger partial charge in [0.15, 0.2) is 0 Å². The molecule has 3 N–H and O–H groups in total. The first-order valence-electron chi connectivity index (χ1n) is 6.82. The summed E-state index contributed by atoms with van der Waals surface area (Å²) in [6.45, 7) is 4.69. The van der Waals surface area contributed by atoms with Crippen LogP contribution in [0.1, 0.15) is 24.0 Å². The maximum atomic E-state index is 11.8. The van der Waals surface area contributed by atoms with E-state index < -0.39 is 0 Å². The Morgan fingerprint density at radius 2 is 1.75 bits per heavy atom. The van der Waals surface area contributed by atoms with Crippen LogP contribution in [0.4, 0.5) is 5.69 Å². The third kappa shape index (κ3) is 5.40. The minimum atomic E-state index is -0.204. The number of benzene rings is 1. The van der Waals surface area contributed by atoms with Gasteiger partial charge in [-0.1, -0.05) is 18.2 Å². The molecule has 0 bridgehead atoms. The van der Waals surface area contributed by atoms with E-state index >= 15 is 0 Å². The molecule has 0 atom stereocenters. The van der Waals surface area contributed by atoms with Gasteiger partial charge in [-0.15, -0.1) is 0 Å². The number of aryl methyl sites for hydroxylation is 2. The van der Waals surface area contributed by atoms with Crippen LogP contribution >= 0.6 is 0 Å². The first kappa shape index (κ1) is 16.2. The number of amides is 2. The highest BCUT2D eigenvalue weighted by Gasteiger charge is 2.08. The molecule has 0 spiro atoms. The van der Waals surface area contributed by atoms with E-state index in [0.29, 0.717) is 6.42 Å². The Morgan fingerprint density at radius 1 is 1.10 bits per heavy atom. The highest BCUT2D eigenvalue weighted by molar-refractivity contribution is 5.95. The number of hydrogen-bond donors (Lipinski definition) is 3. The average Bonchev–Trinajstić information content (AvgIpc) is 2.41. The summed E-state index contributed by atoms with van der Waals surface area (Å²) in [5.74, 6) is -0.304. The Morgan fingerprint density at radius 3 is 2.35 bits per heavy atom. The molecule has 0 radical (unpaired) electrons. The smallest absolute Gasteiger partial charge is 0.243 e. The van der Waals surface area contributed by atoms with E-state index in [1.165, 1.54) is 0 Å². The summed E-state index contributed by atoms with van der Waals surface area (Å²) < 4.78 is 0. The highest BCUT2D eigenvalue weighted by atomic mass is 16.2. The maximum absolute atomic E-state index is 11.8. The molecule has 2 amide bonds. The molecule has 5 nitrogen and oxygen atoms in total. The molecular weight excluding hydrogens is 254 g/mol. The monoisotopic (exact) mass is 277 g/mol. The van der Waals surface area contributed by atoms with Crippen molar-refractivity contribution in [1.29, 1.82) is 0 Å². The Kier molecular flexibility index (Phi) is 6.73. The van der Waals surface area contributed by atoms with E-state index in [4.69, 9.17) is 0 Å². The third-order valence-electron chi connectivity index (χ3n) is 3.02.